The van der Waals surface area contributed by atoms with E-state index >= 15 is 0 Å². The summed E-state index contributed by atoms with van der Waals surface area (Å²) in [6, 6.07) is 0. The maximum atomic E-state index is 11.3. The van der Waals surface area contributed by atoms with Crippen molar-refractivity contribution in [1.82, 2.24) is 9.80 Å². The normalized spacial score (nSPS) is 19.3. The molecular weight excluding hydrogens is 476 g/mol. The molecule has 0 bridgehead atoms. The Kier molecular flexibility index (Phi) is 17.7. The minimum Gasteiger partial charge on any atom is -0.481 e. The lowest BCUT2D eigenvalue weighted by Crippen LogP contribution is -2.29. The summed E-state index contributed by atoms with van der Waals surface area (Å²) in [7, 11) is 0. The van der Waals surface area contributed by atoms with Crippen molar-refractivity contribution in [2.45, 2.75) is 40.5 Å². The van der Waals surface area contributed by atoms with Crippen LogP contribution in [0.1, 0.15) is 40.5 Å². The minimum atomic E-state index is -0.861. The van der Waals surface area contributed by atoms with Crippen LogP contribution in [0, 0.1) is 23.7 Å². The van der Waals surface area contributed by atoms with Crippen LogP contribution < -0.4 is 0 Å². The molecule has 12 heteroatoms. The number of rotatable bonds is 13. The maximum absolute atomic E-state index is 11.3. The molecule has 0 aliphatic carbocycles. The van der Waals surface area contributed by atoms with Crippen LogP contribution in [0.25, 0.3) is 0 Å². The first-order chi connectivity index (χ1) is 16.9. The highest BCUT2D eigenvalue weighted by Crippen LogP contribution is 2.19. The van der Waals surface area contributed by atoms with Gasteiger partial charge >= 0.3 is 11.9 Å². The summed E-state index contributed by atoms with van der Waals surface area (Å²) in [5, 5.41) is 33.9. The summed E-state index contributed by atoms with van der Waals surface area (Å²) in [6.45, 7) is 11.9. The summed E-state index contributed by atoms with van der Waals surface area (Å²) in [5.74, 6) is -1.97. The number of carbonyl (C=O) groups is 4. The molecular formula is C24H44N2O10. The molecule has 2 amide bonds. The fourth-order valence-corrected chi connectivity index (χ4v) is 3.56. The zero-order valence-corrected chi connectivity index (χ0v) is 21.9. The lowest BCUT2D eigenvalue weighted by atomic mass is 10.1. The summed E-state index contributed by atoms with van der Waals surface area (Å²) < 4.78 is 9.75. The first kappa shape index (κ1) is 33.7. The predicted molar refractivity (Wildman–Crippen MR) is 130 cm³/mol. The number of aliphatic hydroxyl groups is 2. The quantitative estimate of drug-likeness (QED) is 0.245. The number of aliphatic carboxylic acids is 2. The molecule has 2 rings (SSSR count). The Hall–Kier alpha value is -2.28. The van der Waals surface area contributed by atoms with Gasteiger partial charge in [0, 0.05) is 39.0 Å². The molecule has 2 aliphatic rings. The summed E-state index contributed by atoms with van der Waals surface area (Å²) in [4.78, 5) is 47.1. The van der Waals surface area contributed by atoms with Crippen LogP contribution in [0.5, 0.6) is 0 Å². The second-order valence-electron chi connectivity index (χ2n) is 9.54. The van der Waals surface area contributed by atoms with E-state index < -0.39 is 23.8 Å². The first-order valence-electron chi connectivity index (χ1n) is 12.3. The van der Waals surface area contributed by atoms with Crippen molar-refractivity contribution in [3.05, 3.63) is 0 Å². The van der Waals surface area contributed by atoms with E-state index in [1.54, 1.807) is 9.80 Å². The Morgan fingerprint density at radius 3 is 1.31 bits per heavy atom. The van der Waals surface area contributed by atoms with E-state index in [0.717, 1.165) is 0 Å². The van der Waals surface area contributed by atoms with Crippen LogP contribution in [0.4, 0.5) is 0 Å². The highest BCUT2D eigenvalue weighted by atomic mass is 16.5. The first-order valence-corrected chi connectivity index (χ1v) is 12.3. The molecule has 0 aromatic heterocycles. The summed E-state index contributed by atoms with van der Waals surface area (Å²) in [6.07, 6.45) is 0.337. The van der Waals surface area contributed by atoms with E-state index in [4.69, 9.17) is 29.9 Å². The molecule has 4 N–H and O–H groups in total. The van der Waals surface area contributed by atoms with Crippen LogP contribution in [0.15, 0.2) is 0 Å². The molecule has 2 atom stereocenters. The second kappa shape index (κ2) is 18.9. The number of carboxylic acid groups (broad SMARTS) is 2. The molecule has 0 saturated carbocycles. The Bertz CT molecular complexity index is 615. The number of hydrogen-bond acceptors (Lipinski definition) is 8. The van der Waals surface area contributed by atoms with Gasteiger partial charge in [-0.1, -0.05) is 27.7 Å². The fraction of sp³-hybridized carbons (Fsp3) is 0.833. The molecule has 0 radical (unpaired) electrons. The number of likely N-dealkylation sites (tertiary alicyclic amines) is 2. The molecule has 210 valence electrons. The SMILES string of the molecule is CC(C)CN1CC(C(=O)O)CC1=O.CC(C)CN1CC(C(=O)O)CC1=O.OCCOCCOCCO. The van der Waals surface area contributed by atoms with Gasteiger partial charge in [-0.15, -0.1) is 0 Å². The zero-order valence-electron chi connectivity index (χ0n) is 21.9. The summed E-state index contributed by atoms with van der Waals surface area (Å²) >= 11 is 0. The molecule has 0 aromatic carbocycles. The minimum absolute atomic E-state index is 0.0268. The number of amides is 2. The Morgan fingerprint density at radius 2 is 1.08 bits per heavy atom. The second-order valence-corrected chi connectivity index (χ2v) is 9.54. The highest BCUT2D eigenvalue weighted by Gasteiger charge is 2.35. The molecule has 2 aliphatic heterocycles. The van der Waals surface area contributed by atoms with Gasteiger partial charge in [0.25, 0.3) is 0 Å². The third-order valence-corrected chi connectivity index (χ3v) is 5.14. The van der Waals surface area contributed by atoms with Crippen LogP contribution >= 0.6 is 0 Å². The average molecular weight is 521 g/mol. The van der Waals surface area contributed by atoms with Crippen molar-refractivity contribution in [3.63, 3.8) is 0 Å². The van der Waals surface area contributed by atoms with E-state index in [1.807, 2.05) is 27.7 Å². The molecule has 36 heavy (non-hydrogen) atoms. The van der Waals surface area contributed by atoms with E-state index in [2.05, 4.69) is 0 Å². The van der Waals surface area contributed by atoms with Gasteiger partial charge in [-0.3, -0.25) is 19.2 Å². The standard InChI is InChI=1S/2C9H15NO3.C6H14O4/c2*1-6(2)4-10-5-7(9(12)13)3-8(10)11;7-1-3-9-5-6-10-4-2-8/h2*6-7H,3-5H2,1-2H3,(H,12,13);7-8H,1-6H2. The molecule has 0 aromatic rings. The van der Waals surface area contributed by atoms with Crippen molar-refractivity contribution in [3.8, 4) is 0 Å². The topological polar surface area (TPSA) is 174 Å². The monoisotopic (exact) mass is 520 g/mol. The third kappa shape index (κ3) is 15.0. The van der Waals surface area contributed by atoms with Gasteiger partial charge in [-0.2, -0.15) is 0 Å². The van der Waals surface area contributed by atoms with Gasteiger partial charge in [0.1, 0.15) is 0 Å². The van der Waals surface area contributed by atoms with Gasteiger partial charge in [0.15, 0.2) is 0 Å². The van der Waals surface area contributed by atoms with Crippen molar-refractivity contribution >= 4 is 23.8 Å². The van der Waals surface area contributed by atoms with Gasteiger partial charge in [-0.25, -0.2) is 0 Å². The molecule has 2 saturated heterocycles. The molecule has 12 nitrogen and oxygen atoms in total. The van der Waals surface area contributed by atoms with Gasteiger partial charge in [0.2, 0.25) is 11.8 Å². The molecule has 2 fully saturated rings. The smallest absolute Gasteiger partial charge is 0.308 e. The summed E-state index contributed by atoms with van der Waals surface area (Å²) in [5.41, 5.74) is 0. The zero-order chi connectivity index (χ0) is 27.7. The molecule has 2 unspecified atom stereocenters. The van der Waals surface area contributed by atoms with E-state index in [-0.39, 0.29) is 37.9 Å². The van der Waals surface area contributed by atoms with Gasteiger partial charge in [0.05, 0.1) is 51.5 Å². The Morgan fingerprint density at radius 1 is 0.750 bits per heavy atom. The van der Waals surface area contributed by atoms with Gasteiger partial charge < -0.3 is 39.7 Å². The largest absolute Gasteiger partial charge is 0.481 e. The fourth-order valence-electron chi connectivity index (χ4n) is 3.56. The van der Waals surface area contributed by atoms with Gasteiger partial charge in [-0.05, 0) is 11.8 Å². The number of ether oxygens (including phenoxy) is 2. The van der Waals surface area contributed by atoms with Crippen molar-refractivity contribution in [2.24, 2.45) is 23.7 Å². The molecule has 2 heterocycles. The lowest BCUT2D eigenvalue weighted by Gasteiger charge is -2.17. The van der Waals surface area contributed by atoms with Crippen LogP contribution in [0.3, 0.4) is 0 Å². The Balaban J connectivity index is 0.000000517. The van der Waals surface area contributed by atoms with E-state index in [9.17, 15) is 19.2 Å². The van der Waals surface area contributed by atoms with E-state index in [1.165, 1.54) is 0 Å². The lowest BCUT2D eigenvalue weighted by molar-refractivity contribution is -0.142. The number of nitrogens with zero attached hydrogens (tertiary/aromatic N) is 2. The van der Waals surface area contributed by atoms with Crippen molar-refractivity contribution in [2.75, 3.05) is 65.8 Å². The molecule has 0 spiro atoms. The predicted octanol–water partition coefficient (Wildman–Crippen LogP) is 0.155. The third-order valence-electron chi connectivity index (χ3n) is 5.14. The van der Waals surface area contributed by atoms with E-state index in [0.29, 0.717) is 64.4 Å². The van der Waals surface area contributed by atoms with Crippen LogP contribution in [0.2, 0.25) is 0 Å². The van der Waals surface area contributed by atoms with Crippen molar-refractivity contribution < 1.29 is 49.1 Å². The highest BCUT2D eigenvalue weighted by molar-refractivity contribution is 5.86. The van der Waals surface area contributed by atoms with Crippen molar-refractivity contribution in [1.29, 1.82) is 0 Å². The number of hydrogen-bond donors (Lipinski definition) is 4. The number of aliphatic hydroxyl groups excluding tert-OH is 2. The average Bonchev–Trinajstić information content (AvgIpc) is 3.33. The van der Waals surface area contributed by atoms with Crippen LogP contribution in [-0.4, -0.2) is 120 Å². The number of carboxylic acids is 2. The number of carbonyl (C=O) groups excluding carboxylic acids is 2. The van der Waals surface area contributed by atoms with Crippen LogP contribution in [-0.2, 0) is 28.7 Å². The Labute approximate surface area is 213 Å². The maximum Gasteiger partial charge on any atom is 0.308 e.